The van der Waals surface area contributed by atoms with E-state index in [0.717, 1.165) is 17.1 Å². The smallest absolute Gasteiger partial charge is 0.0541 e. The van der Waals surface area contributed by atoms with Gasteiger partial charge in [0.25, 0.3) is 0 Å². The van der Waals surface area contributed by atoms with Gasteiger partial charge in [0.15, 0.2) is 0 Å². The molecule has 3 nitrogen and oxygen atoms in total. The number of benzene rings is 8. The summed E-state index contributed by atoms with van der Waals surface area (Å²) in [5.41, 5.74) is 14.1. The highest BCUT2D eigenvalue weighted by Gasteiger charge is 2.14. The van der Waals surface area contributed by atoms with Crippen molar-refractivity contribution in [1.82, 2.24) is 9.13 Å². The molecule has 2 heterocycles. The van der Waals surface area contributed by atoms with E-state index < -0.39 is 0 Å². The maximum Gasteiger partial charge on any atom is 0.0541 e. The molecule has 10 aromatic rings. The number of hydrogen-bond acceptors (Lipinski definition) is 1. The highest BCUT2D eigenvalue weighted by Crippen LogP contribution is 2.36. The van der Waals surface area contributed by atoms with Crippen molar-refractivity contribution in [2.24, 2.45) is 0 Å². The Balaban J connectivity index is 0.884. The van der Waals surface area contributed by atoms with Crippen LogP contribution in [-0.2, 0) is 0 Å². The van der Waals surface area contributed by atoms with E-state index in [1.54, 1.807) is 0 Å². The second-order valence-corrected chi connectivity index (χ2v) is 13.1. The summed E-state index contributed by atoms with van der Waals surface area (Å²) in [6.45, 7) is 0. The Kier molecular flexibility index (Phi) is 6.81. The number of nitrogens with one attached hydrogen (secondary N) is 1. The summed E-state index contributed by atoms with van der Waals surface area (Å²) < 4.78 is 4.71. The second kappa shape index (κ2) is 11.9. The second-order valence-electron chi connectivity index (χ2n) is 13.1. The third-order valence-electron chi connectivity index (χ3n) is 10.1. The van der Waals surface area contributed by atoms with Gasteiger partial charge in [-0.25, -0.2) is 0 Å². The van der Waals surface area contributed by atoms with E-state index in [-0.39, 0.29) is 0 Å². The van der Waals surface area contributed by atoms with Crippen LogP contribution in [0.5, 0.6) is 0 Å². The summed E-state index contributed by atoms with van der Waals surface area (Å²) in [7, 11) is 0. The molecule has 0 radical (unpaired) electrons. The lowest BCUT2D eigenvalue weighted by Crippen LogP contribution is -1.93. The molecule has 0 saturated carbocycles. The van der Waals surface area contributed by atoms with Crippen molar-refractivity contribution < 1.29 is 0 Å². The van der Waals surface area contributed by atoms with Gasteiger partial charge < -0.3 is 14.5 Å². The van der Waals surface area contributed by atoms with E-state index in [1.165, 1.54) is 71.6 Å². The maximum absolute atomic E-state index is 3.59. The first-order chi connectivity index (χ1) is 25.3. The molecular weight excluding hydrogens is 619 g/mol. The number of hydrogen-bond donors (Lipinski definition) is 1. The minimum atomic E-state index is 1.06. The van der Waals surface area contributed by atoms with Crippen LogP contribution in [0.4, 0.5) is 11.4 Å². The molecule has 0 atom stereocenters. The largest absolute Gasteiger partial charge is 0.356 e. The van der Waals surface area contributed by atoms with Crippen molar-refractivity contribution in [3.63, 3.8) is 0 Å². The van der Waals surface area contributed by atoms with Crippen LogP contribution in [0.1, 0.15) is 0 Å². The number of aromatic nitrogens is 2. The quantitative estimate of drug-likeness (QED) is 0.190. The Morgan fingerprint density at radius 2 is 0.647 bits per heavy atom. The van der Waals surface area contributed by atoms with Gasteiger partial charge in [0.2, 0.25) is 0 Å². The summed E-state index contributed by atoms with van der Waals surface area (Å²) in [6.07, 6.45) is 0. The van der Waals surface area contributed by atoms with Gasteiger partial charge >= 0.3 is 0 Å². The summed E-state index contributed by atoms with van der Waals surface area (Å²) in [4.78, 5) is 0. The maximum atomic E-state index is 3.59. The SMILES string of the molecule is c1ccc(-n2c3ccccc3c3cc(-c4ccc(Nc5ccc(-c6ccc(-n7c8ccccc8c8ccccc87)cc6)cc5)cc4)ccc32)cc1. The van der Waals surface area contributed by atoms with E-state index in [4.69, 9.17) is 0 Å². The summed E-state index contributed by atoms with van der Waals surface area (Å²) in [6, 6.07) is 69.7. The van der Waals surface area contributed by atoms with Crippen LogP contribution < -0.4 is 5.32 Å². The molecule has 8 aromatic carbocycles. The molecule has 0 spiro atoms. The zero-order valence-corrected chi connectivity index (χ0v) is 27.9. The normalized spacial score (nSPS) is 11.5. The average molecular weight is 652 g/mol. The fraction of sp³-hybridized carbons (Fsp3) is 0. The molecule has 240 valence electrons. The van der Waals surface area contributed by atoms with Gasteiger partial charge in [0.05, 0.1) is 22.1 Å². The molecule has 51 heavy (non-hydrogen) atoms. The van der Waals surface area contributed by atoms with Crippen LogP contribution in [0, 0.1) is 0 Å². The Hall–Kier alpha value is -6.84. The molecule has 0 fully saturated rings. The lowest BCUT2D eigenvalue weighted by molar-refractivity contribution is 1.18. The highest BCUT2D eigenvalue weighted by atomic mass is 15.0. The van der Waals surface area contributed by atoms with E-state index in [2.05, 4.69) is 209 Å². The minimum Gasteiger partial charge on any atom is -0.356 e. The molecule has 10 rings (SSSR count). The molecule has 0 bridgehead atoms. The van der Waals surface area contributed by atoms with Gasteiger partial charge in [-0.3, -0.25) is 0 Å². The molecule has 3 heteroatoms. The number of rotatable bonds is 6. The van der Waals surface area contributed by atoms with E-state index in [9.17, 15) is 0 Å². The van der Waals surface area contributed by atoms with Gasteiger partial charge in [0.1, 0.15) is 0 Å². The summed E-state index contributed by atoms with van der Waals surface area (Å²) in [5, 5.41) is 8.67. The summed E-state index contributed by atoms with van der Waals surface area (Å²) >= 11 is 0. The van der Waals surface area contributed by atoms with Gasteiger partial charge in [-0.1, -0.05) is 115 Å². The molecule has 0 unspecified atom stereocenters. The third-order valence-corrected chi connectivity index (χ3v) is 10.1. The van der Waals surface area contributed by atoms with Crippen molar-refractivity contribution in [3.8, 4) is 33.6 Å². The van der Waals surface area contributed by atoms with E-state index >= 15 is 0 Å². The van der Waals surface area contributed by atoms with E-state index in [0.29, 0.717) is 0 Å². The van der Waals surface area contributed by atoms with Gasteiger partial charge in [-0.05, 0) is 101 Å². The molecule has 0 aliphatic rings. The van der Waals surface area contributed by atoms with Crippen molar-refractivity contribution in [3.05, 3.63) is 194 Å². The molecule has 2 aromatic heterocycles. The first kappa shape index (κ1) is 29.1. The van der Waals surface area contributed by atoms with Crippen LogP contribution in [-0.4, -0.2) is 9.13 Å². The zero-order valence-electron chi connectivity index (χ0n) is 27.9. The van der Waals surface area contributed by atoms with Crippen molar-refractivity contribution in [2.75, 3.05) is 5.32 Å². The first-order valence-corrected chi connectivity index (χ1v) is 17.4. The summed E-state index contributed by atoms with van der Waals surface area (Å²) in [5.74, 6) is 0. The van der Waals surface area contributed by atoms with Crippen LogP contribution in [0.3, 0.4) is 0 Å². The number of para-hydroxylation sites is 4. The predicted molar refractivity (Wildman–Crippen MR) is 216 cm³/mol. The molecule has 0 saturated heterocycles. The fourth-order valence-corrected chi connectivity index (χ4v) is 7.67. The Morgan fingerprint density at radius 3 is 1.18 bits per heavy atom. The lowest BCUT2D eigenvalue weighted by Gasteiger charge is -2.11. The highest BCUT2D eigenvalue weighted by molar-refractivity contribution is 6.11. The standard InChI is InChI=1S/C48H33N3/c1-2-10-39(11-3-1)50-47-17-9-6-14-43(47)44-32-36(24-31-48(44)50)35-20-27-38(28-21-35)49-37-25-18-33(19-26-37)34-22-29-40(30-23-34)51-45-15-7-4-12-41(45)42-13-5-8-16-46(42)51/h1-32,49H. The Morgan fingerprint density at radius 1 is 0.275 bits per heavy atom. The number of nitrogens with zero attached hydrogens (tertiary/aromatic N) is 2. The Labute approximate surface area is 296 Å². The topological polar surface area (TPSA) is 21.9 Å². The lowest BCUT2D eigenvalue weighted by atomic mass is 10.0. The number of anilines is 2. The fourth-order valence-electron chi connectivity index (χ4n) is 7.67. The number of fused-ring (bicyclic) bond motifs is 6. The average Bonchev–Trinajstić information content (AvgIpc) is 3.72. The van der Waals surface area contributed by atoms with Crippen LogP contribution in [0.2, 0.25) is 0 Å². The molecule has 1 N–H and O–H groups in total. The molecular formula is C48H33N3. The van der Waals surface area contributed by atoms with Gasteiger partial charge in [0, 0.05) is 44.3 Å². The van der Waals surface area contributed by atoms with Crippen molar-refractivity contribution in [2.45, 2.75) is 0 Å². The van der Waals surface area contributed by atoms with E-state index in [1.807, 2.05) is 0 Å². The third kappa shape index (κ3) is 4.98. The Bertz CT molecular complexity index is 2790. The van der Waals surface area contributed by atoms with Gasteiger partial charge in [-0.15, -0.1) is 0 Å². The van der Waals surface area contributed by atoms with Crippen molar-refractivity contribution >= 4 is 55.0 Å². The minimum absolute atomic E-state index is 1.06. The zero-order chi connectivity index (χ0) is 33.7. The predicted octanol–water partition coefficient (Wildman–Crippen LogP) is 13.0. The molecule has 0 amide bonds. The van der Waals surface area contributed by atoms with Crippen LogP contribution in [0.25, 0.3) is 77.2 Å². The van der Waals surface area contributed by atoms with Gasteiger partial charge in [-0.2, -0.15) is 0 Å². The van der Waals surface area contributed by atoms with Crippen molar-refractivity contribution in [1.29, 1.82) is 0 Å². The van der Waals surface area contributed by atoms with Crippen LogP contribution >= 0.6 is 0 Å². The molecule has 0 aliphatic heterocycles. The molecule has 0 aliphatic carbocycles. The first-order valence-electron chi connectivity index (χ1n) is 17.4. The van der Waals surface area contributed by atoms with Crippen LogP contribution in [0.15, 0.2) is 194 Å². The monoisotopic (exact) mass is 651 g/mol.